The van der Waals surface area contributed by atoms with Crippen LogP contribution in [0.5, 0.6) is 0 Å². The summed E-state index contributed by atoms with van der Waals surface area (Å²) < 4.78 is 25.1. The van der Waals surface area contributed by atoms with Crippen molar-refractivity contribution in [2.24, 2.45) is 17.3 Å². The Hall–Kier alpha value is -1.59. The molecule has 0 amide bonds. The smallest absolute Gasteiger partial charge is 0.399 e. The topological polar surface area (TPSA) is 36.9 Å². The van der Waals surface area contributed by atoms with Crippen molar-refractivity contribution in [1.29, 1.82) is 0 Å². The van der Waals surface area contributed by atoms with Gasteiger partial charge in [-0.3, -0.25) is 0 Å². The van der Waals surface area contributed by atoms with Gasteiger partial charge in [0.05, 0.1) is 22.4 Å². The van der Waals surface area contributed by atoms with Gasteiger partial charge >= 0.3 is 14.2 Å². The fraction of sp³-hybridized carbons (Fsp3) is 0.647. The molecule has 0 N–H and O–H groups in total. The molecule has 7 rings (SSSR count). The van der Waals surface area contributed by atoms with Crippen molar-refractivity contribution in [3.8, 4) is 0 Å². The van der Waals surface area contributed by atoms with Gasteiger partial charge < -0.3 is 18.6 Å². The zero-order valence-electron chi connectivity index (χ0n) is 25.8. The van der Waals surface area contributed by atoms with Crippen LogP contribution in [0.25, 0.3) is 0 Å². The molecule has 0 bridgehead atoms. The van der Waals surface area contributed by atoms with Crippen LogP contribution in [0.4, 0.5) is 0 Å². The average Bonchev–Trinajstić information content (AvgIpc) is 3.49. The molecule has 2 aromatic rings. The van der Waals surface area contributed by atoms with Crippen LogP contribution >= 0.6 is 0 Å². The van der Waals surface area contributed by atoms with E-state index >= 15 is 0 Å². The minimum absolute atomic E-state index is 0.284. The first-order chi connectivity index (χ1) is 18.7. The van der Waals surface area contributed by atoms with Crippen molar-refractivity contribution in [1.82, 2.24) is 0 Å². The van der Waals surface area contributed by atoms with E-state index in [2.05, 4.69) is 104 Å². The maximum atomic E-state index is 6.29. The van der Waals surface area contributed by atoms with E-state index in [-0.39, 0.29) is 36.6 Å². The van der Waals surface area contributed by atoms with Crippen LogP contribution in [-0.4, -0.2) is 36.6 Å². The van der Waals surface area contributed by atoms with Crippen LogP contribution in [0.3, 0.4) is 0 Å². The number of hydrogen-bond donors (Lipinski definition) is 0. The van der Waals surface area contributed by atoms with Crippen molar-refractivity contribution in [3.63, 3.8) is 0 Å². The highest BCUT2D eigenvalue weighted by molar-refractivity contribution is 6.62. The molecular weight excluding hydrogens is 494 g/mol. The Bertz CT molecular complexity index is 1150. The molecule has 2 aliphatic heterocycles. The predicted molar refractivity (Wildman–Crippen MR) is 162 cm³/mol. The van der Waals surface area contributed by atoms with Gasteiger partial charge in [0.15, 0.2) is 0 Å². The molecule has 4 nitrogen and oxygen atoms in total. The maximum Gasteiger partial charge on any atom is 0.494 e. The van der Waals surface area contributed by atoms with Gasteiger partial charge in [0.25, 0.3) is 0 Å². The molecule has 40 heavy (non-hydrogen) atoms. The quantitative estimate of drug-likeness (QED) is 0.423. The van der Waals surface area contributed by atoms with Crippen LogP contribution in [0, 0.1) is 17.3 Å². The van der Waals surface area contributed by atoms with Crippen LogP contribution < -0.4 is 10.9 Å². The molecule has 2 saturated heterocycles. The third kappa shape index (κ3) is 4.03. The van der Waals surface area contributed by atoms with Crippen molar-refractivity contribution in [2.75, 3.05) is 0 Å². The summed E-state index contributed by atoms with van der Waals surface area (Å²) in [6.45, 7) is 17.0. The molecule has 4 unspecified atom stereocenters. The SMILES string of the molecule is CC1(C)OB(c2ccc(C3CC4CC5CC(c6ccc(B7OC(C)(C)C(C)(C)O7)cc6)CC45C3)cc2)OC1(C)C. The molecule has 212 valence electrons. The van der Waals surface area contributed by atoms with E-state index in [4.69, 9.17) is 18.6 Å². The third-order valence-electron chi connectivity index (χ3n) is 12.5. The first-order valence-corrected chi connectivity index (χ1v) is 15.6. The maximum absolute atomic E-state index is 6.29. The summed E-state index contributed by atoms with van der Waals surface area (Å²) in [6, 6.07) is 18.4. The van der Waals surface area contributed by atoms with Gasteiger partial charge in [0.1, 0.15) is 0 Å². The van der Waals surface area contributed by atoms with E-state index < -0.39 is 0 Å². The second-order valence-electron chi connectivity index (χ2n) is 15.6. The standard InChI is InChI=1S/C34H46B2O4/c1-30(2)31(3,4)38-35(37-30)28-13-9-22(10-14-28)24-17-26-19-27-18-25(21-34(26,27)20-24)23-11-15-29(16-12-23)36-39-32(5,6)33(7,8)40-36/h9-16,24-27H,17-21H2,1-8H3. The molecule has 3 aliphatic carbocycles. The highest BCUT2D eigenvalue weighted by Gasteiger charge is 2.63. The van der Waals surface area contributed by atoms with Gasteiger partial charge in [-0.25, -0.2) is 0 Å². The minimum atomic E-state index is -0.305. The Kier molecular flexibility index (Phi) is 5.94. The third-order valence-corrected chi connectivity index (χ3v) is 12.5. The van der Waals surface area contributed by atoms with Gasteiger partial charge in [-0.1, -0.05) is 48.5 Å². The summed E-state index contributed by atoms with van der Waals surface area (Å²) in [5, 5.41) is 0. The number of rotatable bonds is 4. The van der Waals surface area contributed by atoms with Crippen molar-refractivity contribution >= 4 is 25.2 Å². The van der Waals surface area contributed by atoms with Gasteiger partial charge in [0, 0.05) is 0 Å². The Balaban J connectivity index is 1.01. The average molecular weight is 540 g/mol. The lowest BCUT2D eigenvalue weighted by molar-refractivity contribution is 0.00306. The number of hydrogen-bond acceptors (Lipinski definition) is 4. The highest BCUT2D eigenvalue weighted by atomic mass is 16.7. The van der Waals surface area contributed by atoms with E-state index in [1.54, 1.807) is 0 Å². The molecule has 6 heteroatoms. The van der Waals surface area contributed by atoms with E-state index in [1.807, 2.05) is 0 Å². The second kappa shape index (κ2) is 8.72. The normalized spacial score (nSPS) is 36.4. The zero-order chi connectivity index (χ0) is 28.3. The van der Waals surface area contributed by atoms with Crippen LogP contribution in [0.15, 0.2) is 48.5 Å². The minimum Gasteiger partial charge on any atom is -0.399 e. The van der Waals surface area contributed by atoms with Crippen LogP contribution in [0.1, 0.15) is 110 Å². The monoisotopic (exact) mass is 540 g/mol. The molecule has 3 saturated carbocycles. The number of benzene rings is 2. The van der Waals surface area contributed by atoms with E-state index in [0.717, 1.165) is 22.8 Å². The zero-order valence-corrected chi connectivity index (χ0v) is 25.8. The summed E-state index contributed by atoms with van der Waals surface area (Å²) in [6.07, 6.45) is 6.81. The first-order valence-electron chi connectivity index (χ1n) is 15.6. The van der Waals surface area contributed by atoms with Gasteiger partial charge in [-0.05, 0) is 139 Å². The predicted octanol–water partition coefficient (Wildman–Crippen LogP) is 6.36. The lowest BCUT2D eigenvalue weighted by Gasteiger charge is -2.49. The Morgan fingerprint density at radius 1 is 0.500 bits per heavy atom. The lowest BCUT2D eigenvalue weighted by atomic mass is 9.56. The summed E-state index contributed by atoms with van der Waals surface area (Å²) in [5.41, 5.74) is 4.58. The van der Waals surface area contributed by atoms with E-state index in [9.17, 15) is 0 Å². The molecule has 5 aliphatic rings. The van der Waals surface area contributed by atoms with Crippen LogP contribution in [-0.2, 0) is 18.6 Å². The highest BCUT2D eigenvalue weighted by Crippen LogP contribution is 2.73. The first kappa shape index (κ1) is 27.3. The van der Waals surface area contributed by atoms with Gasteiger partial charge in [-0.2, -0.15) is 0 Å². The molecule has 0 radical (unpaired) electrons. The summed E-state index contributed by atoms with van der Waals surface area (Å²) in [4.78, 5) is 0. The summed E-state index contributed by atoms with van der Waals surface area (Å²) in [5.74, 6) is 3.12. The van der Waals surface area contributed by atoms with Crippen LogP contribution in [0.2, 0.25) is 0 Å². The van der Waals surface area contributed by atoms with Crippen molar-refractivity contribution in [3.05, 3.63) is 59.7 Å². The second-order valence-corrected chi connectivity index (χ2v) is 15.6. The molecule has 2 heterocycles. The molecule has 0 aromatic heterocycles. The van der Waals surface area contributed by atoms with E-state index in [0.29, 0.717) is 17.3 Å². The molecule has 1 spiro atoms. The molecular formula is C34H46B2O4. The summed E-state index contributed by atoms with van der Waals surface area (Å²) >= 11 is 0. The van der Waals surface area contributed by atoms with E-state index in [1.165, 1.54) is 43.2 Å². The van der Waals surface area contributed by atoms with Crippen molar-refractivity contribution < 1.29 is 18.6 Å². The van der Waals surface area contributed by atoms with Gasteiger partial charge in [0.2, 0.25) is 0 Å². The Morgan fingerprint density at radius 3 is 1.15 bits per heavy atom. The van der Waals surface area contributed by atoms with Gasteiger partial charge in [-0.15, -0.1) is 0 Å². The largest absolute Gasteiger partial charge is 0.494 e. The Labute approximate surface area is 242 Å². The molecule has 4 atom stereocenters. The fourth-order valence-corrected chi connectivity index (χ4v) is 8.49. The van der Waals surface area contributed by atoms with Crippen molar-refractivity contribution in [2.45, 2.75) is 122 Å². The molecule has 5 fully saturated rings. The molecule has 2 aromatic carbocycles. The lowest BCUT2D eigenvalue weighted by Crippen LogP contribution is -2.41. The fourth-order valence-electron chi connectivity index (χ4n) is 8.49. The Morgan fingerprint density at radius 2 is 0.825 bits per heavy atom. The summed E-state index contributed by atoms with van der Waals surface area (Å²) in [7, 11) is -0.568.